The summed E-state index contributed by atoms with van der Waals surface area (Å²) in [6.45, 7) is 5.11. The second kappa shape index (κ2) is 10.1. The van der Waals surface area contributed by atoms with E-state index in [2.05, 4.69) is 12.2 Å². The number of nitrogens with zero attached hydrogens (tertiary/aromatic N) is 2. The monoisotopic (exact) mass is 485 g/mol. The molecule has 0 spiro atoms. The summed E-state index contributed by atoms with van der Waals surface area (Å²) < 4.78 is 33.4. The molecule has 2 aliphatic rings. The number of nitrogens with one attached hydrogen (secondary N) is 1. The average molecular weight is 486 g/mol. The van der Waals surface area contributed by atoms with Crippen molar-refractivity contribution in [1.82, 2.24) is 9.62 Å². The average Bonchev–Trinajstić information content (AvgIpc) is 2.84. The maximum absolute atomic E-state index is 13.2. The fourth-order valence-corrected chi connectivity index (χ4v) is 5.75. The third-order valence-electron chi connectivity index (χ3n) is 6.53. The molecule has 9 heteroatoms. The first-order valence-corrected chi connectivity index (χ1v) is 13.1. The van der Waals surface area contributed by atoms with Gasteiger partial charge in [-0.3, -0.25) is 14.5 Å². The molecule has 0 aromatic heterocycles. The Hall–Kier alpha value is -2.91. The molecule has 0 bridgehead atoms. The van der Waals surface area contributed by atoms with Crippen LogP contribution in [0.4, 0.5) is 5.69 Å². The first-order valence-electron chi connectivity index (χ1n) is 11.6. The van der Waals surface area contributed by atoms with E-state index in [1.165, 1.54) is 21.3 Å². The van der Waals surface area contributed by atoms with Gasteiger partial charge in [-0.2, -0.15) is 4.31 Å². The minimum Gasteiger partial charge on any atom is -0.482 e. The van der Waals surface area contributed by atoms with Crippen LogP contribution in [0.1, 0.15) is 38.2 Å². The van der Waals surface area contributed by atoms with Crippen LogP contribution in [-0.4, -0.2) is 57.3 Å². The van der Waals surface area contributed by atoms with E-state index < -0.39 is 10.0 Å². The van der Waals surface area contributed by atoms with Gasteiger partial charge in [0.1, 0.15) is 12.3 Å². The van der Waals surface area contributed by atoms with E-state index >= 15 is 0 Å². The molecule has 1 saturated heterocycles. The molecule has 34 heavy (non-hydrogen) atoms. The van der Waals surface area contributed by atoms with Gasteiger partial charge in [-0.25, -0.2) is 8.42 Å². The Morgan fingerprint density at radius 3 is 2.56 bits per heavy atom. The maximum Gasteiger partial charge on any atom is 0.265 e. The molecule has 0 aliphatic carbocycles. The van der Waals surface area contributed by atoms with Gasteiger partial charge in [0, 0.05) is 19.6 Å². The van der Waals surface area contributed by atoms with Crippen molar-refractivity contribution in [2.45, 2.75) is 37.5 Å². The topological polar surface area (TPSA) is 96.0 Å². The van der Waals surface area contributed by atoms with E-state index in [4.69, 9.17) is 4.74 Å². The van der Waals surface area contributed by atoms with Gasteiger partial charge in [0.15, 0.2) is 6.61 Å². The van der Waals surface area contributed by atoms with Gasteiger partial charge in [-0.05, 0) is 48.4 Å². The Morgan fingerprint density at radius 1 is 1.15 bits per heavy atom. The van der Waals surface area contributed by atoms with Gasteiger partial charge >= 0.3 is 0 Å². The first-order chi connectivity index (χ1) is 16.3. The number of carbonyl (C=O) groups excluding carboxylic acids is 2. The second-order valence-corrected chi connectivity index (χ2v) is 11.0. The van der Waals surface area contributed by atoms with E-state index in [0.29, 0.717) is 37.0 Å². The molecular formula is C25H31N3O5S. The zero-order valence-corrected chi connectivity index (χ0v) is 20.4. The number of anilines is 1. The number of piperidine rings is 1. The Morgan fingerprint density at radius 2 is 1.85 bits per heavy atom. The fourth-order valence-electron chi connectivity index (χ4n) is 4.26. The number of carbonyl (C=O) groups is 2. The lowest BCUT2D eigenvalue weighted by Gasteiger charge is -2.31. The van der Waals surface area contributed by atoms with Crippen LogP contribution in [0.5, 0.6) is 5.75 Å². The molecular weight excluding hydrogens is 454 g/mol. The number of hydrogen-bond donors (Lipinski definition) is 1. The van der Waals surface area contributed by atoms with Crippen molar-refractivity contribution in [3.05, 3.63) is 54.1 Å². The molecule has 182 valence electrons. The zero-order valence-electron chi connectivity index (χ0n) is 19.6. The van der Waals surface area contributed by atoms with E-state index in [-0.39, 0.29) is 35.8 Å². The van der Waals surface area contributed by atoms with Crippen molar-refractivity contribution in [3.63, 3.8) is 0 Å². The standard InChI is InChI=1S/C25H31N3O5S/c1-18-10-12-27(13-11-18)34(31,32)21-8-9-23-22(14-21)28(25(30)17-33-23)16-24(29)26-15-19(2)20-6-4-3-5-7-20/h3-9,14,18-19H,10-13,15-17H2,1-2H3,(H,26,29)/t19-/m0/s1. The fraction of sp³-hybridized carbons (Fsp3) is 0.440. The molecule has 2 aromatic carbocycles. The summed E-state index contributed by atoms with van der Waals surface area (Å²) in [4.78, 5) is 26.7. The number of benzene rings is 2. The van der Waals surface area contributed by atoms with E-state index in [0.717, 1.165) is 18.4 Å². The van der Waals surface area contributed by atoms with Crippen LogP contribution in [-0.2, 0) is 19.6 Å². The molecule has 8 nitrogen and oxygen atoms in total. The molecule has 2 aliphatic heterocycles. The van der Waals surface area contributed by atoms with Crippen molar-refractivity contribution in [1.29, 1.82) is 0 Å². The van der Waals surface area contributed by atoms with Crippen molar-refractivity contribution in [3.8, 4) is 5.75 Å². The Balaban J connectivity index is 1.48. The third kappa shape index (κ3) is 5.26. The second-order valence-electron chi connectivity index (χ2n) is 9.10. The lowest BCUT2D eigenvalue weighted by Crippen LogP contribution is -2.45. The highest BCUT2D eigenvalue weighted by Crippen LogP contribution is 2.35. The van der Waals surface area contributed by atoms with Crippen LogP contribution < -0.4 is 15.0 Å². The predicted octanol–water partition coefficient (Wildman–Crippen LogP) is 2.75. The minimum atomic E-state index is -3.70. The molecule has 4 rings (SSSR count). The number of hydrogen-bond acceptors (Lipinski definition) is 5. The summed E-state index contributed by atoms with van der Waals surface area (Å²) in [5, 5.41) is 2.88. The van der Waals surface area contributed by atoms with Crippen LogP contribution in [0.15, 0.2) is 53.4 Å². The normalized spacial score (nSPS) is 18.2. The molecule has 0 saturated carbocycles. The first kappa shape index (κ1) is 24.2. The number of rotatable bonds is 7. The van der Waals surface area contributed by atoms with Gasteiger partial charge in [0.25, 0.3) is 5.91 Å². The Bertz CT molecular complexity index is 1140. The molecule has 0 radical (unpaired) electrons. The van der Waals surface area contributed by atoms with Gasteiger partial charge in [0.2, 0.25) is 15.9 Å². The van der Waals surface area contributed by atoms with Crippen LogP contribution in [0.2, 0.25) is 0 Å². The number of ether oxygens (including phenoxy) is 1. The van der Waals surface area contributed by atoms with Gasteiger partial charge in [-0.1, -0.05) is 44.2 Å². The highest BCUT2D eigenvalue weighted by molar-refractivity contribution is 7.89. The molecule has 1 N–H and O–H groups in total. The maximum atomic E-state index is 13.2. The molecule has 2 heterocycles. The van der Waals surface area contributed by atoms with Gasteiger partial charge in [-0.15, -0.1) is 0 Å². The quantitative estimate of drug-likeness (QED) is 0.651. The lowest BCUT2D eigenvalue weighted by atomic mass is 10.0. The highest BCUT2D eigenvalue weighted by Gasteiger charge is 2.32. The lowest BCUT2D eigenvalue weighted by molar-refractivity contribution is -0.125. The predicted molar refractivity (Wildman–Crippen MR) is 129 cm³/mol. The largest absolute Gasteiger partial charge is 0.482 e. The minimum absolute atomic E-state index is 0.0993. The summed E-state index contributed by atoms with van der Waals surface area (Å²) in [7, 11) is -3.70. The Labute approximate surface area is 200 Å². The summed E-state index contributed by atoms with van der Waals surface area (Å²) in [5.41, 5.74) is 1.41. The molecule has 1 fully saturated rings. The van der Waals surface area contributed by atoms with E-state index in [1.54, 1.807) is 6.07 Å². The summed E-state index contributed by atoms with van der Waals surface area (Å²) in [6.07, 6.45) is 1.64. The molecule has 1 atom stereocenters. The van der Waals surface area contributed by atoms with Crippen molar-refractivity contribution < 1.29 is 22.7 Å². The van der Waals surface area contributed by atoms with Gasteiger partial charge < -0.3 is 10.1 Å². The van der Waals surface area contributed by atoms with Crippen molar-refractivity contribution in [2.75, 3.05) is 37.7 Å². The number of fused-ring (bicyclic) bond motifs is 1. The van der Waals surface area contributed by atoms with Crippen molar-refractivity contribution >= 4 is 27.5 Å². The summed E-state index contributed by atoms with van der Waals surface area (Å²) in [6, 6.07) is 14.4. The summed E-state index contributed by atoms with van der Waals surface area (Å²) >= 11 is 0. The van der Waals surface area contributed by atoms with Crippen LogP contribution in [0, 0.1) is 5.92 Å². The molecule has 2 amide bonds. The smallest absolute Gasteiger partial charge is 0.265 e. The van der Waals surface area contributed by atoms with Crippen LogP contribution in [0.3, 0.4) is 0 Å². The van der Waals surface area contributed by atoms with Gasteiger partial charge in [0.05, 0.1) is 10.6 Å². The highest BCUT2D eigenvalue weighted by atomic mass is 32.2. The third-order valence-corrected chi connectivity index (χ3v) is 8.42. The number of sulfonamides is 1. The molecule has 2 aromatic rings. The number of amides is 2. The van der Waals surface area contributed by atoms with E-state index in [1.807, 2.05) is 37.3 Å². The van der Waals surface area contributed by atoms with E-state index in [9.17, 15) is 18.0 Å². The van der Waals surface area contributed by atoms with Crippen LogP contribution in [0.25, 0.3) is 0 Å². The molecule has 0 unspecified atom stereocenters. The van der Waals surface area contributed by atoms with Crippen LogP contribution >= 0.6 is 0 Å². The summed E-state index contributed by atoms with van der Waals surface area (Å²) in [5.74, 6) is 0.292. The SMILES string of the molecule is CC1CCN(S(=O)(=O)c2ccc3c(c2)N(CC(=O)NC[C@H](C)c2ccccc2)C(=O)CO3)CC1. The van der Waals surface area contributed by atoms with Crippen molar-refractivity contribution in [2.24, 2.45) is 5.92 Å². The zero-order chi connectivity index (χ0) is 24.3. The Kier molecular flexibility index (Phi) is 7.23.